The average Bonchev–Trinajstić information content (AvgIpc) is 3.52. The molecule has 4 rings (SSSR count). The smallest absolute Gasteiger partial charge is 0.340 e. The number of aromatic nitrogens is 2. The number of aromatic amines is 1. The van der Waals surface area contributed by atoms with Gasteiger partial charge in [-0.1, -0.05) is 6.08 Å². The third-order valence-corrected chi connectivity index (χ3v) is 8.86. The number of amides is 2. The number of allylic oxidation sites excluding steroid dienone is 3. The number of carbonyl (C=O) groups excluding carboxylic acids is 2. The fraction of sp³-hybridized carbons (Fsp3) is 0.200. The summed E-state index contributed by atoms with van der Waals surface area (Å²) in [5.41, 5.74) is -1.06. The molecule has 3 atom stereocenters. The minimum atomic E-state index is -5.18. The highest BCUT2D eigenvalue weighted by Crippen LogP contribution is 2.38. The molecule has 0 fully saturated rings. The summed E-state index contributed by atoms with van der Waals surface area (Å²) in [5.74, 6) is -3.40. The maximum Gasteiger partial charge on any atom is 0.437 e. The van der Waals surface area contributed by atoms with Crippen molar-refractivity contribution in [2.45, 2.75) is 10.5 Å². The summed E-state index contributed by atoms with van der Waals surface area (Å²) in [6.45, 7) is 0. The number of H-pyrrole nitrogens is 1. The summed E-state index contributed by atoms with van der Waals surface area (Å²) < 4.78 is 102. The van der Waals surface area contributed by atoms with Gasteiger partial charge >= 0.3 is 11.8 Å². The Morgan fingerprint density at radius 3 is 2.31 bits per heavy atom. The number of fused-ring (bicyclic) bond motifs is 1. The SMILES string of the molecule is C[N+](C(=O)C1=CC(=NC(=O)c2ncc[nH]2)C=N1)=C1C=CC(S(=O)(=O)O)C2=CC(S(=O)(=O)O)=CC(S(=O)(=O)O)C21. The molecule has 3 unspecified atom stereocenters. The molecule has 206 valence electrons. The molecule has 0 bridgehead atoms. The number of likely N-dealkylation sites (N-methyl/N-ethyl adjacent to an activating group) is 1. The van der Waals surface area contributed by atoms with E-state index in [1.807, 2.05) is 0 Å². The number of imidazole rings is 1. The van der Waals surface area contributed by atoms with Crippen molar-refractivity contribution in [2.24, 2.45) is 15.9 Å². The second-order valence-electron chi connectivity index (χ2n) is 8.30. The molecule has 0 radical (unpaired) electrons. The molecule has 2 aliphatic carbocycles. The van der Waals surface area contributed by atoms with E-state index >= 15 is 0 Å². The lowest BCUT2D eigenvalue weighted by atomic mass is 9.80. The number of hydrogen-bond donors (Lipinski definition) is 4. The molecule has 39 heavy (non-hydrogen) atoms. The first kappa shape index (κ1) is 28.3. The molecule has 0 spiro atoms. The fourth-order valence-corrected chi connectivity index (χ4v) is 6.61. The molecule has 2 heterocycles. The van der Waals surface area contributed by atoms with Gasteiger partial charge < -0.3 is 4.98 Å². The lowest BCUT2D eigenvalue weighted by Crippen LogP contribution is -2.46. The van der Waals surface area contributed by atoms with Crippen LogP contribution in [-0.4, -0.2) is 100 Å². The first-order valence-corrected chi connectivity index (χ1v) is 15.0. The Morgan fingerprint density at radius 1 is 1.05 bits per heavy atom. The second-order valence-corrected chi connectivity index (χ2v) is 12.8. The van der Waals surface area contributed by atoms with Gasteiger partial charge in [-0.3, -0.25) is 18.5 Å². The number of carbonyl (C=O) groups is 2. The maximum absolute atomic E-state index is 13.2. The zero-order valence-corrected chi connectivity index (χ0v) is 21.9. The number of rotatable bonds is 5. The Morgan fingerprint density at radius 2 is 1.74 bits per heavy atom. The standard InChI is InChI=1S/C20H17N5O11S3/c1-25(20(27)13-6-10(9-23-13)24-19(26)18-21-4-5-22-18)14-2-3-15(38(31,32)33)12-7-11(37(28,29)30)8-16(17(12)14)39(34,35)36/h2-9,15-17H,1H3,(H3-,21,22,26,28,29,30,31,32,33,34,35,36)/p+1. The van der Waals surface area contributed by atoms with Crippen LogP contribution in [0.15, 0.2) is 68.9 Å². The number of nitrogens with zero attached hydrogens (tertiary/aromatic N) is 4. The third-order valence-electron chi connectivity index (χ3n) is 5.84. The normalized spacial score (nSPS) is 25.6. The number of nitrogens with one attached hydrogen (secondary N) is 1. The highest BCUT2D eigenvalue weighted by Gasteiger charge is 2.50. The number of hydrogen-bond acceptors (Lipinski definition) is 10. The molecule has 3 aliphatic rings. The molecular formula is C20H18N5O11S3+. The van der Waals surface area contributed by atoms with Gasteiger partial charge in [0, 0.05) is 24.5 Å². The van der Waals surface area contributed by atoms with E-state index < -0.39 is 69.1 Å². The zero-order valence-electron chi connectivity index (χ0n) is 19.5. The molecule has 19 heteroatoms. The summed E-state index contributed by atoms with van der Waals surface area (Å²) >= 11 is 0. The van der Waals surface area contributed by atoms with Crippen molar-refractivity contribution < 1.29 is 53.1 Å². The highest BCUT2D eigenvalue weighted by molar-refractivity contribution is 7.90. The number of aliphatic imine (C=N–C) groups is 2. The monoisotopic (exact) mass is 600 g/mol. The van der Waals surface area contributed by atoms with Gasteiger partial charge in [-0.2, -0.15) is 29.8 Å². The van der Waals surface area contributed by atoms with Crippen molar-refractivity contribution in [3.63, 3.8) is 0 Å². The maximum atomic E-state index is 13.2. The van der Waals surface area contributed by atoms with Crippen LogP contribution in [0.3, 0.4) is 0 Å². The van der Waals surface area contributed by atoms with E-state index in [9.17, 15) is 48.5 Å². The van der Waals surface area contributed by atoms with Crippen molar-refractivity contribution in [1.82, 2.24) is 9.97 Å². The Kier molecular flexibility index (Phi) is 7.08. The Bertz CT molecular complexity index is 1830. The molecule has 0 saturated carbocycles. The summed E-state index contributed by atoms with van der Waals surface area (Å²) in [6, 6.07) is 0. The lowest BCUT2D eigenvalue weighted by molar-refractivity contribution is -0.415. The largest absolute Gasteiger partial charge is 0.437 e. The minimum Gasteiger partial charge on any atom is -0.340 e. The first-order valence-electron chi connectivity index (χ1n) is 10.5. The van der Waals surface area contributed by atoms with Crippen molar-refractivity contribution in [3.05, 3.63) is 64.8 Å². The first-order chi connectivity index (χ1) is 18.0. The van der Waals surface area contributed by atoms with Crippen LogP contribution >= 0.6 is 0 Å². The second kappa shape index (κ2) is 9.77. The van der Waals surface area contributed by atoms with E-state index in [-0.39, 0.29) is 22.9 Å². The Balaban J connectivity index is 1.82. The third kappa shape index (κ3) is 5.67. The van der Waals surface area contributed by atoms with E-state index in [4.69, 9.17) is 0 Å². The van der Waals surface area contributed by atoms with Crippen LogP contribution in [0.4, 0.5) is 0 Å². The highest BCUT2D eigenvalue weighted by atomic mass is 32.2. The van der Waals surface area contributed by atoms with Gasteiger partial charge in [-0.05, 0) is 17.7 Å². The fourth-order valence-electron chi connectivity index (χ4n) is 4.13. The Labute approximate surface area is 220 Å². The van der Waals surface area contributed by atoms with Crippen LogP contribution in [0.1, 0.15) is 10.6 Å². The van der Waals surface area contributed by atoms with Crippen molar-refractivity contribution in [3.8, 4) is 0 Å². The van der Waals surface area contributed by atoms with Crippen LogP contribution in [0.5, 0.6) is 0 Å². The molecule has 1 aromatic rings. The van der Waals surface area contributed by atoms with E-state index in [1.54, 1.807) is 0 Å². The van der Waals surface area contributed by atoms with Gasteiger partial charge in [0.05, 0.1) is 22.7 Å². The minimum absolute atomic E-state index is 0.0152. The lowest BCUT2D eigenvalue weighted by Gasteiger charge is -2.32. The average molecular weight is 601 g/mol. The zero-order chi connectivity index (χ0) is 28.9. The van der Waals surface area contributed by atoms with E-state index in [0.29, 0.717) is 12.2 Å². The van der Waals surface area contributed by atoms with E-state index in [0.717, 1.165) is 36.1 Å². The van der Waals surface area contributed by atoms with Gasteiger partial charge in [-0.25, -0.2) is 19.8 Å². The predicted octanol–water partition coefficient (Wildman–Crippen LogP) is -1.02. The van der Waals surface area contributed by atoms with Crippen molar-refractivity contribution in [1.29, 1.82) is 0 Å². The summed E-state index contributed by atoms with van der Waals surface area (Å²) in [5, 5.41) is -4.16. The summed E-state index contributed by atoms with van der Waals surface area (Å²) in [7, 11) is -14.1. The molecule has 0 aromatic carbocycles. The topological polar surface area (TPSA) is 254 Å². The van der Waals surface area contributed by atoms with Gasteiger partial charge in [-0.15, -0.1) is 0 Å². The van der Waals surface area contributed by atoms with Crippen LogP contribution in [0.2, 0.25) is 0 Å². The van der Waals surface area contributed by atoms with Crippen molar-refractivity contribution >= 4 is 59.8 Å². The molecule has 0 saturated heterocycles. The van der Waals surface area contributed by atoms with Crippen molar-refractivity contribution in [2.75, 3.05) is 7.05 Å². The Hall–Kier alpha value is -3.75. The molecule has 1 aliphatic heterocycles. The van der Waals surface area contributed by atoms with Crippen LogP contribution < -0.4 is 0 Å². The van der Waals surface area contributed by atoms with Crippen LogP contribution in [0, 0.1) is 5.92 Å². The summed E-state index contributed by atoms with van der Waals surface area (Å²) in [6.07, 6.45) is 7.98. The molecular weight excluding hydrogens is 582 g/mol. The van der Waals surface area contributed by atoms with Gasteiger partial charge in [0.15, 0.2) is 17.2 Å². The van der Waals surface area contributed by atoms with E-state index in [1.165, 1.54) is 12.4 Å². The molecule has 1 aromatic heterocycles. The molecule has 2 amide bonds. The van der Waals surface area contributed by atoms with E-state index in [2.05, 4.69) is 20.0 Å². The van der Waals surface area contributed by atoms with Gasteiger partial charge in [0.2, 0.25) is 0 Å². The predicted molar refractivity (Wildman–Crippen MR) is 134 cm³/mol. The van der Waals surface area contributed by atoms with Crippen LogP contribution in [0.25, 0.3) is 0 Å². The summed E-state index contributed by atoms with van der Waals surface area (Å²) in [4.78, 5) is 38.3. The van der Waals surface area contributed by atoms with Gasteiger partial charge in [0.1, 0.15) is 17.5 Å². The molecule has 4 N–H and O–H groups in total. The molecule has 16 nitrogen and oxygen atoms in total. The quantitative estimate of drug-likeness (QED) is 0.234. The van der Waals surface area contributed by atoms with Crippen LogP contribution in [-0.2, 0) is 35.1 Å². The van der Waals surface area contributed by atoms with Gasteiger partial charge in [0.25, 0.3) is 30.4 Å².